The van der Waals surface area contributed by atoms with Crippen molar-refractivity contribution in [2.75, 3.05) is 13.7 Å². The lowest BCUT2D eigenvalue weighted by Crippen LogP contribution is -2.63. The highest BCUT2D eigenvalue weighted by Crippen LogP contribution is 2.33. The lowest BCUT2D eigenvalue weighted by atomic mass is 9.98. The summed E-state index contributed by atoms with van der Waals surface area (Å²) in [6.07, 6.45) is -6.57. The summed E-state index contributed by atoms with van der Waals surface area (Å²) in [5.41, 5.74) is -1.63. The fourth-order valence-corrected chi connectivity index (χ4v) is 4.95. The van der Waals surface area contributed by atoms with Crippen molar-refractivity contribution in [1.29, 1.82) is 0 Å². The number of hydrogen-bond donors (Lipinski definition) is 0. The molecule has 1 fully saturated rings. The van der Waals surface area contributed by atoms with Gasteiger partial charge in [0.25, 0.3) is 0 Å². The number of esters is 5. The van der Waals surface area contributed by atoms with Crippen LogP contribution in [0.2, 0.25) is 0 Å². The highest BCUT2D eigenvalue weighted by Gasteiger charge is 2.53. The Balaban J connectivity index is 1.83. The van der Waals surface area contributed by atoms with Crippen LogP contribution in [0.4, 0.5) is 0 Å². The van der Waals surface area contributed by atoms with Gasteiger partial charge in [-0.25, -0.2) is 23.6 Å². The molecule has 0 spiro atoms. The largest absolute Gasteiger partial charge is 0.467 e. The van der Waals surface area contributed by atoms with Crippen molar-refractivity contribution in [2.45, 2.75) is 70.7 Å². The van der Waals surface area contributed by atoms with Gasteiger partial charge >= 0.3 is 41.2 Å². The van der Waals surface area contributed by atoms with Crippen LogP contribution in [-0.2, 0) is 57.1 Å². The molecule has 0 unspecified atom stereocenters. The van der Waals surface area contributed by atoms with Gasteiger partial charge in [-0.2, -0.15) is 4.68 Å². The van der Waals surface area contributed by atoms with Gasteiger partial charge in [-0.1, -0.05) is 18.2 Å². The summed E-state index contributed by atoms with van der Waals surface area (Å²) in [5, 5.41) is 0. The van der Waals surface area contributed by atoms with Gasteiger partial charge in [0.05, 0.1) is 12.8 Å². The number of rotatable bonds is 9. The van der Waals surface area contributed by atoms with E-state index in [0.29, 0.717) is 0 Å². The van der Waals surface area contributed by atoms with E-state index in [0.717, 1.165) is 48.7 Å². The molecular formula is C28H31N3O14. The van der Waals surface area contributed by atoms with Crippen LogP contribution < -0.4 is 11.4 Å². The first-order valence-corrected chi connectivity index (χ1v) is 13.6. The Morgan fingerprint density at radius 3 is 1.91 bits per heavy atom. The summed E-state index contributed by atoms with van der Waals surface area (Å²) in [6.45, 7) is 3.79. The van der Waals surface area contributed by atoms with Gasteiger partial charge in [-0.3, -0.25) is 19.2 Å². The van der Waals surface area contributed by atoms with E-state index in [1.807, 2.05) is 0 Å². The third-order valence-electron chi connectivity index (χ3n) is 6.65. The van der Waals surface area contributed by atoms with Gasteiger partial charge in [-0.15, -0.1) is 0 Å². The zero-order valence-corrected chi connectivity index (χ0v) is 24.8. The number of carbonyl (C=O) groups excluding carboxylic acids is 5. The molecular weight excluding hydrogens is 602 g/mol. The first kappa shape index (κ1) is 32.9. The minimum Gasteiger partial charge on any atom is -0.467 e. The Bertz CT molecular complexity index is 1610. The van der Waals surface area contributed by atoms with E-state index in [9.17, 15) is 33.6 Å². The van der Waals surface area contributed by atoms with E-state index >= 15 is 0 Å². The predicted molar refractivity (Wildman–Crippen MR) is 147 cm³/mol. The quantitative estimate of drug-likeness (QED) is 0.198. The Hall–Kier alpha value is -5.03. The highest BCUT2D eigenvalue weighted by molar-refractivity contribution is 5.76. The first-order chi connectivity index (χ1) is 21.3. The normalized spacial score (nSPS) is 25.4. The summed E-state index contributed by atoms with van der Waals surface area (Å²) in [6, 6.07) is 6.53. The molecule has 4 rings (SSSR count). The van der Waals surface area contributed by atoms with Crippen molar-refractivity contribution >= 4 is 29.8 Å². The van der Waals surface area contributed by atoms with Gasteiger partial charge in [0.2, 0.25) is 6.29 Å². The minimum absolute atomic E-state index is 0.191. The van der Waals surface area contributed by atoms with Crippen molar-refractivity contribution in [3.63, 3.8) is 0 Å². The number of fused-ring (bicyclic) bond motifs is 1. The molecule has 2 aliphatic rings. The average molecular weight is 634 g/mol. The number of para-hydroxylation sites is 1. The van der Waals surface area contributed by atoms with E-state index in [-0.39, 0.29) is 5.69 Å². The third kappa shape index (κ3) is 7.04. The molecule has 1 aromatic heterocycles. The monoisotopic (exact) mass is 633 g/mol. The lowest BCUT2D eigenvalue weighted by Gasteiger charge is -2.44. The van der Waals surface area contributed by atoms with Crippen molar-refractivity contribution in [1.82, 2.24) is 13.9 Å². The second kappa shape index (κ2) is 13.7. The van der Waals surface area contributed by atoms with E-state index in [2.05, 4.69) is 0 Å². The molecule has 17 heteroatoms. The molecule has 17 nitrogen and oxygen atoms in total. The maximum absolute atomic E-state index is 13.8. The minimum atomic E-state index is -1.69. The lowest BCUT2D eigenvalue weighted by molar-refractivity contribution is -0.321. The molecule has 0 N–H and O–H groups in total. The Kier molecular flexibility index (Phi) is 10.0. The maximum atomic E-state index is 13.8. The van der Waals surface area contributed by atoms with E-state index in [1.54, 1.807) is 18.2 Å². The van der Waals surface area contributed by atoms with Gasteiger partial charge < -0.3 is 33.2 Å². The Morgan fingerprint density at radius 2 is 1.33 bits per heavy atom. The second-order valence-electron chi connectivity index (χ2n) is 9.87. The molecule has 0 bridgehead atoms. The molecule has 242 valence electrons. The van der Waals surface area contributed by atoms with E-state index < -0.39 is 90.8 Å². The zero-order chi connectivity index (χ0) is 33.0. The summed E-state index contributed by atoms with van der Waals surface area (Å²) >= 11 is 0. The summed E-state index contributed by atoms with van der Waals surface area (Å²) in [5.74, 6) is -4.13. The summed E-state index contributed by atoms with van der Waals surface area (Å²) in [7, 11) is 1.11. The number of hydrogen-bond acceptors (Lipinski definition) is 14. The van der Waals surface area contributed by atoms with Gasteiger partial charge in [0.15, 0.2) is 30.6 Å². The first-order valence-electron chi connectivity index (χ1n) is 13.6. The summed E-state index contributed by atoms with van der Waals surface area (Å²) in [4.78, 5) is 88.0. The van der Waals surface area contributed by atoms with Crippen molar-refractivity contribution in [2.24, 2.45) is 0 Å². The van der Waals surface area contributed by atoms with Crippen LogP contribution in [0.25, 0.3) is 5.69 Å². The molecule has 0 radical (unpaired) electrons. The molecule has 0 amide bonds. The Morgan fingerprint density at radius 1 is 0.756 bits per heavy atom. The van der Waals surface area contributed by atoms with E-state index in [1.165, 1.54) is 24.3 Å². The molecule has 45 heavy (non-hydrogen) atoms. The van der Waals surface area contributed by atoms with Crippen LogP contribution in [0.5, 0.6) is 0 Å². The van der Waals surface area contributed by atoms with Gasteiger partial charge in [0.1, 0.15) is 12.7 Å². The van der Waals surface area contributed by atoms with E-state index in [4.69, 9.17) is 33.2 Å². The number of carbonyl (C=O) groups is 5. The van der Waals surface area contributed by atoms with Crippen LogP contribution in [0.3, 0.4) is 0 Å². The van der Waals surface area contributed by atoms with Gasteiger partial charge in [0, 0.05) is 27.7 Å². The van der Waals surface area contributed by atoms with Gasteiger partial charge in [-0.05, 0) is 24.3 Å². The number of nitrogens with zero attached hydrogens (tertiary/aromatic N) is 3. The number of ether oxygens (including phenoxy) is 7. The topological polar surface area (TPSA) is 199 Å². The molecule has 3 heterocycles. The number of aromatic nitrogens is 3. The van der Waals surface area contributed by atoms with Crippen LogP contribution in [0, 0.1) is 0 Å². The Labute approximate surface area is 254 Å². The molecule has 0 aliphatic carbocycles. The SMILES string of the molecule is COC(=O)[C@H]1C=C[C@@H](O[C@@H]2O[C@H](COC(C)=O)[C@H](OC(C)=O)[C@H](OC(C)=O)[C@@H]2OC(C)=O)n2c(=O)n(-c3ccccc3)c(=O)n21. The zero-order valence-electron chi connectivity index (χ0n) is 24.8. The molecule has 1 aromatic carbocycles. The van der Waals surface area contributed by atoms with Crippen molar-refractivity contribution in [3.8, 4) is 5.69 Å². The van der Waals surface area contributed by atoms with Crippen LogP contribution in [0.15, 0.2) is 52.1 Å². The van der Waals surface area contributed by atoms with Crippen LogP contribution in [-0.4, -0.2) is 88.2 Å². The third-order valence-corrected chi connectivity index (χ3v) is 6.65. The maximum Gasteiger partial charge on any atom is 0.354 e. The molecule has 7 atom stereocenters. The predicted octanol–water partition coefficient (Wildman–Crippen LogP) is -0.317. The van der Waals surface area contributed by atoms with Crippen LogP contribution in [0.1, 0.15) is 40.0 Å². The number of benzene rings is 1. The molecule has 2 aliphatic heterocycles. The second-order valence-corrected chi connectivity index (χ2v) is 9.87. The smallest absolute Gasteiger partial charge is 0.354 e. The standard InChI is InChI=1S/C28H31N3O14/c1-14(32)40-13-20-22(41-15(2)33)23(42-16(3)34)24(43-17(4)35)26(44-20)45-21-12-11-19(25(36)39-5)30-27(37)29(28(38)31(21)30)18-9-7-6-8-10-18/h6-12,19-24,26H,13H2,1-5H3/t19-,20-,21-,22+,23+,24+,26+/m1/s1. The molecule has 0 saturated carbocycles. The summed E-state index contributed by atoms with van der Waals surface area (Å²) < 4.78 is 40.6. The fraction of sp³-hybridized carbons (Fsp3) is 0.464. The van der Waals surface area contributed by atoms with Crippen LogP contribution >= 0.6 is 0 Å². The number of methoxy groups -OCH3 is 1. The molecule has 1 saturated heterocycles. The fourth-order valence-electron chi connectivity index (χ4n) is 4.95. The van der Waals surface area contributed by atoms with Crippen molar-refractivity contribution in [3.05, 3.63) is 63.5 Å². The van der Waals surface area contributed by atoms with Crippen molar-refractivity contribution < 1.29 is 57.1 Å². The average Bonchev–Trinajstić information content (AvgIpc) is 3.24. The molecule has 2 aromatic rings. The highest BCUT2D eigenvalue weighted by atomic mass is 16.7.